The quantitative estimate of drug-likeness (QED) is 0.159. The van der Waals surface area contributed by atoms with Gasteiger partial charge in [-0.1, -0.05) is 89.7 Å². The average Bonchev–Trinajstić information content (AvgIpc) is 3.45. The van der Waals surface area contributed by atoms with E-state index in [4.69, 9.17) is 9.47 Å². The Balaban J connectivity index is 0.00000533. The second-order valence-electron chi connectivity index (χ2n) is 10.1. The molecule has 2 aromatic carbocycles. The summed E-state index contributed by atoms with van der Waals surface area (Å²) in [4.78, 5) is 15.1. The third kappa shape index (κ3) is 12.7. The minimum Gasteiger partial charge on any atom is -0.493 e. The van der Waals surface area contributed by atoms with Crippen LogP contribution in [0.25, 0.3) is 0 Å². The summed E-state index contributed by atoms with van der Waals surface area (Å²) in [5.74, 6) is 2.16. The van der Waals surface area contributed by atoms with Crippen molar-refractivity contribution in [2.24, 2.45) is 0 Å². The second-order valence-corrected chi connectivity index (χ2v) is 10.9. The van der Waals surface area contributed by atoms with E-state index in [-0.39, 0.29) is 22.9 Å². The van der Waals surface area contributed by atoms with Gasteiger partial charge in [-0.3, -0.25) is 4.79 Å². The molecule has 216 valence electrons. The van der Waals surface area contributed by atoms with Crippen molar-refractivity contribution in [3.63, 3.8) is 0 Å². The van der Waals surface area contributed by atoms with Gasteiger partial charge in [0.25, 0.3) is 5.91 Å². The lowest BCUT2D eigenvalue weighted by molar-refractivity contribution is 0.102. The molecule has 2 aromatic rings. The van der Waals surface area contributed by atoms with Crippen LogP contribution in [-0.2, 0) is 6.54 Å². The predicted molar refractivity (Wildman–Crippen MR) is 171 cm³/mol. The van der Waals surface area contributed by atoms with E-state index in [1.54, 1.807) is 18.9 Å². The van der Waals surface area contributed by atoms with Crippen LogP contribution in [0.2, 0.25) is 0 Å². The Bertz CT molecular complexity index is 1000. The number of nitrogens with zero attached hydrogens (tertiary/aromatic N) is 1. The van der Waals surface area contributed by atoms with Crippen molar-refractivity contribution in [2.75, 3.05) is 24.9 Å². The number of nitrogens with one attached hydrogen (secondary N) is 1. The first-order chi connectivity index (χ1) is 18.7. The molecular weight excluding hydrogens is 572 g/mol. The second kappa shape index (κ2) is 19.9. The molecule has 1 aliphatic heterocycles. The van der Waals surface area contributed by atoms with Crippen LogP contribution in [0.4, 0.5) is 5.69 Å². The van der Waals surface area contributed by atoms with Gasteiger partial charge >= 0.3 is 0 Å². The third-order valence-corrected chi connectivity index (χ3v) is 7.65. The van der Waals surface area contributed by atoms with Gasteiger partial charge in [0.2, 0.25) is 0 Å². The minimum absolute atomic E-state index is 0. The van der Waals surface area contributed by atoms with Crippen molar-refractivity contribution in [2.45, 2.75) is 90.5 Å². The number of carbonyl (C=O) groups is 1. The van der Waals surface area contributed by atoms with Gasteiger partial charge in [-0.25, -0.2) is 0 Å². The largest absolute Gasteiger partial charge is 0.493 e. The molecule has 0 saturated heterocycles. The lowest BCUT2D eigenvalue weighted by Crippen LogP contribution is -2.15. The molecule has 0 fully saturated rings. The smallest absolute Gasteiger partial charge is 0.255 e. The van der Waals surface area contributed by atoms with E-state index in [1.165, 1.54) is 70.6 Å². The lowest BCUT2D eigenvalue weighted by atomic mass is 10.1. The maximum Gasteiger partial charge on any atom is 0.255 e. The van der Waals surface area contributed by atoms with Crippen molar-refractivity contribution in [3.8, 4) is 11.5 Å². The van der Waals surface area contributed by atoms with E-state index in [0.717, 1.165) is 24.4 Å². The molecule has 0 aromatic heterocycles. The number of methoxy groups -OCH3 is 1. The number of anilines is 1. The van der Waals surface area contributed by atoms with Crippen LogP contribution < -0.4 is 14.8 Å². The molecule has 0 unspecified atom stereocenters. The normalized spacial score (nSPS) is 12.3. The fourth-order valence-electron chi connectivity index (χ4n) is 4.65. The Morgan fingerprint density at radius 1 is 0.897 bits per heavy atom. The molecule has 1 aliphatic rings. The van der Waals surface area contributed by atoms with Gasteiger partial charge in [0.15, 0.2) is 11.5 Å². The van der Waals surface area contributed by atoms with Crippen LogP contribution in [0, 0.1) is 0 Å². The van der Waals surface area contributed by atoms with Crippen molar-refractivity contribution < 1.29 is 14.3 Å². The van der Waals surface area contributed by atoms with Crippen molar-refractivity contribution in [1.29, 1.82) is 0 Å². The van der Waals surface area contributed by atoms with E-state index in [0.29, 0.717) is 29.4 Å². The van der Waals surface area contributed by atoms with Gasteiger partial charge < -0.3 is 19.7 Å². The van der Waals surface area contributed by atoms with Crippen LogP contribution >= 0.6 is 28.7 Å². The molecule has 0 spiro atoms. The van der Waals surface area contributed by atoms with Gasteiger partial charge in [0.1, 0.15) is 0 Å². The van der Waals surface area contributed by atoms with Gasteiger partial charge in [0, 0.05) is 30.1 Å². The first kappa shape index (κ1) is 33.1. The Morgan fingerprint density at radius 2 is 1.59 bits per heavy atom. The number of amides is 1. The van der Waals surface area contributed by atoms with Crippen LogP contribution in [0.15, 0.2) is 54.1 Å². The van der Waals surface area contributed by atoms with Crippen LogP contribution in [0.5, 0.6) is 11.5 Å². The summed E-state index contributed by atoms with van der Waals surface area (Å²) in [7, 11) is 1.63. The summed E-state index contributed by atoms with van der Waals surface area (Å²) in [5, 5.41) is 5.09. The predicted octanol–water partition coefficient (Wildman–Crippen LogP) is 9.58. The highest BCUT2D eigenvalue weighted by molar-refractivity contribution is 8.93. The highest BCUT2D eigenvalue weighted by Crippen LogP contribution is 2.31. The highest BCUT2D eigenvalue weighted by atomic mass is 79.9. The Morgan fingerprint density at radius 3 is 2.23 bits per heavy atom. The van der Waals surface area contributed by atoms with Crippen LogP contribution in [0.3, 0.4) is 0 Å². The Labute approximate surface area is 250 Å². The summed E-state index contributed by atoms with van der Waals surface area (Å²) < 4.78 is 11.5. The molecular formula is C32H47BrN2O3S. The van der Waals surface area contributed by atoms with Crippen LogP contribution in [-0.4, -0.2) is 30.4 Å². The molecule has 0 radical (unpaired) electrons. The molecule has 1 N–H and O–H groups in total. The number of unbranched alkanes of at least 4 members (excludes halogenated alkanes) is 11. The zero-order valence-corrected chi connectivity index (χ0v) is 26.3. The maximum atomic E-state index is 12.9. The topological polar surface area (TPSA) is 50.8 Å². The molecule has 1 heterocycles. The number of carbonyl (C=O) groups excluding carboxylic acids is 1. The number of hydrogen-bond acceptors (Lipinski definition) is 5. The fraction of sp³-hybridized carbons (Fsp3) is 0.531. The van der Waals surface area contributed by atoms with Crippen molar-refractivity contribution >= 4 is 40.3 Å². The van der Waals surface area contributed by atoms with Gasteiger partial charge in [-0.2, -0.15) is 0 Å². The lowest BCUT2D eigenvalue weighted by Gasteiger charge is -2.15. The van der Waals surface area contributed by atoms with E-state index in [1.807, 2.05) is 36.4 Å². The number of thioether (sulfide) groups is 1. The molecule has 0 bridgehead atoms. The first-order valence-corrected chi connectivity index (χ1v) is 15.5. The molecule has 0 saturated carbocycles. The standard InChI is InChI=1S/C32H46N2O3S.BrH/c1-3-4-5-6-7-8-9-10-11-12-13-14-21-37-30-19-18-29(24-31(30)36-2)33-32(35)28-17-15-16-27(23-28)25-34-20-22-38-26-34;/h15-20,22-24H,3-14,21,25-26H2,1-2H3,(H,33,35);1H. The zero-order chi connectivity index (χ0) is 26.8. The highest BCUT2D eigenvalue weighted by Gasteiger charge is 2.12. The Hall–Kier alpha value is -2.12. The first-order valence-electron chi connectivity index (χ1n) is 14.4. The number of ether oxygens (including phenoxy) is 2. The third-order valence-electron chi connectivity index (χ3n) is 6.86. The van der Waals surface area contributed by atoms with Crippen molar-refractivity contribution in [3.05, 3.63) is 65.2 Å². The van der Waals surface area contributed by atoms with E-state index >= 15 is 0 Å². The number of benzene rings is 2. The summed E-state index contributed by atoms with van der Waals surface area (Å²) in [5.41, 5.74) is 2.45. The van der Waals surface area contributed by atoms with Gasteiger partial charge in [0.05, 0.1) is 19.6 Å². The number of halogens is 1. The van der Waals surface area contributed by atoms with Gasteiger partial charge in [-0.15, -0.1) is 28.7 Å². The molecule has 7 heteroatoms. The molecule has 1 amide bonds. The average molecular weight is 620 g/mol. The molecule has 0 atom stereocenters. The summed E-state index contributed by atoms with van der Waals surface area (Å²) in [6.07, 6.45) is 18.0. The molecule has 39 heavy (non-hydrogen) atoms. The van der Waals surface area contributed by atoms with E-state index < -0.39 is 0 Å². The zero-order valence-electron chi connectivity index (χ0n) is 23.8. The van der Waals surface area contributed by atoms with E-state index in [9.17, 15) is 4.79 Å². The van der Waals surface area contributed by atoms with Gasteiger partial charge in [-0.05, 0) is 41.7 Å². The minimum atomic E-state index is -0.134. The molecule has 0 aliphatic carbocycles. The summed E-state index contributed by atoms with van der Waals surface area (Å²) in [6, 6.07) is 13.4. The monoisotopic (exact) mass is 618 g/mol. The Kier molecular flexibility index (Phi) is 16.9. The molecule has 3 rings (SSSR count). The summed E-state index contributed by atoms with van der Waals surface area (Å²) >= 11 is 1.78. The van der Waals surface area contributed by atoms with E-state index in [2.05, 4.69) is 34.8 Å². The SMILES string of the molecule is Br.CCCCCCCCCCCCCCOc1ccc(NC(=O)c2cccc(CN3C=CSC3)c2)cc1OC. The number of rotatable bonds is 19. The summed E-state index contributed by atoms with van der Waals surface area (Å²) in [6.45, 7) is 3.75. The van der Waals surface area contributed by atoms with Crippen LogP contribution in [0.1, 0.15) is 99.9 Å². The fourth-order valence-corrected chi connectivity index (χ4v) is 5.36. The maximum absolute atomic E-state index is 12.9. The molecule has 5 nitrogen and oxygen atoms in total. The number of hydrogen-bond donors (Lipinski definition) is 1. The van der Waals surface area contributed by atoms with Crippen molar-refractivity contribution in [1.82, 2.24) is 4.90 Å².